The molecule has 0 aromatic heterocycles. The van der Waals surface area contributed by atoms with E-state index in [0.29, 0.717) is 0 Å². The van der Waals surface area contributed by atoms with Crippen molar-refractivity contribution in [2.75, 3.05) is 12.8 Å². The highest BCUT2D eigenvalue weighted by Crippen LogP contribution is 2.15. The average Bonchev–Trinajstić information content (AvgIpc) is 2.40. The van der Waals surface area contributed by atoms with Gasteiger partial charge in [-0.15, -0.1) is 0 Å². The number of rotatable bonds is 9. The molecule has 0 saturated heterocycles. The fourth-order valence-electron chi connectivity index (χ4n) is 1.37. The predicted octanol–water partition coefficient (Wildman–Crippen LogP) is 4.00. The second-order valence-corrected chi connectivity index (χ2v) is 18.0. The Balaban J connectivity index is 4.36. The minimum absolute atomic E-state index is 0.0171. The van der Waals surface area contributed by atoms with Gasteiger partial charge in [-0.25, -0.2) is 9.59 Å². The van der Waals surface area contributed by atoms with Crippen LogP contribution in [0.2, 0.25) is 44.8 Å². The van der Waals surface area contributed by atoms with Gasteiger partial charge in [-0.1, -0.05) is 39.3 Å². The maximum absolute atomic E-state index is 13.7. The molecule has 4 nitrogen and oxygen atoms in total. The van der Waals surface area contributed by atoms with Crippen LogP contribution in [0.5, 0.6) is 0 Å². The fraction of sp³-hybridized carbons (Fsp3) is 0.600. The van der Waals surface area contributed by atoms with E-state index < -0.39 is 39.7 Å². The van der Waals surface area contributed by atoms with Crippen molar-refractivity contribution in [3.63, 3.8) is 0 Å². The Morgan fingerprint density at radius 2 is 1.61 bits per heavy atom. The van der Waals surface area contributed by atoms with Crippen LogP contribution in [-0.4, -0.2) is 40.9 Å². The molecule has 0 aliphatic heterocycles. The first kappa shape index (κ1) is 21.7. The molecule has 0 rings (SSSR count). The molecule has 0 saturated carbocycles. The van der Waals surface area contributed by atoms with Crippen LogP contribution in [0.25, 0.3) is 0 Å². The van der Waals surface area contributed by atoms with Crippen LogP contribution in [-0.2, 0) is 19.1 Å². The quantitative estimate of drug-likeness (QED) is 0.353. The molecule has 0 amide bonds. The third-order valence-corrected chi connectivity index (χ3v) is 6.87. The van der Waals surface area contributed by atoms with Gasteiger partial charge in [0.25, 0.3) is 0 Å². The number of halogens is 2. The van der Waals surface area contributed by atoms with Gasteiger partial charge in [0.1, 0.15) is 0 Å². The van der Waals surface area contributed by atoms with Gasteiger partial charge in [0.15, 0.2) is 0 Å². The molecule has 0 fully saturated rings. The summed E-state index contributed by atoms with van der Waals surface area (Å²) in [7, 11) is -3.49. The Morgan fingerprint density at radius 1 is 1.04 bits per heavy atom. The van der Waals surface area contributed by atoms with Crippen LogP contribution < -0.4 is 0 Å². The van der Waals surface area contributed by atoms with Crippen molar-refractivity contribution in [2.24, 2.45) is 0 Å². The van der Waals surface area contributed by atoms with E-state index in [1.54, 1.807) is 0 Å². The van der Waals surface area contributed by atoms with Crippen molar-refractivity contribution in [1.82, 2.24) is 0 Å². The van der Waals surface area contributed by atoms with E-state index in [4.69, 9.17) is 9.47 Å². The van der Waals surface area contributed by atoms with E-state index in [-0.39, 0.29) is 18.9 Å². The summed E-state index contributed by atoms with van der Waals surface area (Å²) in [4.78, 5) is 22.5. The van der Waals surface area contributed by atoms with Crippen LogP contribution in [0, 0.1) is 0 Å². The van der Waals surface area contributed by atoms with Gasteiger partial charge in [-0.3, -0.25) is 0 Å². The number of hydrogen-bond donors (Lipinski definition) is 0. The van der Waals surface area contributed by atoms with Crippen LogP contribution in [0.3, 0.4) is 0 Å². The summed E-state index contributed by atoms with van der Waals surface area (Å²) >= 11 is 0. The minimum atomic E-state index is -2.15. The fourth-order valence-corrected chi connectivity index (χ4v) is 3.45. The predicted molar refractivity (Wildman–Crippen MR) is 91.8 cm³/mol. The van der Waals surface area contributed by atoms with Gasteiger partial charge in [-0.2, -0.15) is 8.78 Å². The van der Waals surface area contributed by atoms with Crippen molar-refractivity contribution >= 4 is 28.1 Å². The second kappa shape index (κ2) is 9.12. The summed E-state index contributed by atoms with van der Waals surface area (Å²) in [5.74, 6) is -4.19. The molecular formula is C15H26F2O4Si2. The largest absolute Gasteiger partial charge is 0.464 e. The number of carbonyl (C=O) groups is 2. The maximum atomic E-state index is 13.7. The molecule has 0 aromatic rings. The normalized spacial score (nSPS) is 12.7. The van der Waals surface area contributed by atoms with Gasteiger partial charge >= 0.3 is 11.9 Å². The highest BCUT2D eigenvalue weighted by atomic mass is 28.3. The molecule has 0 heterocycles. The number of ether oxygens (including phenoxy) is 2. The van der Waals surface area contributed by atoms with E-state index >= 15 is 0 Å². The third kappa shape index (κ3) is 11.0. The van der Waals surface area contributed by atoms with Crippen LogP contribution in [0.15, 0.2) is 24.3 Å². The van der Waals surface area contributed by atoms with Crippen molar-refractivity contribution in [3.05, 3.63) is 24.3 Å². The zero-order valence-corrected chi connectivity index (χ0v) is 16.5. The van der Waals surface area contributed by atoms with Gasteiger partial charge in [0, 0.05) is 8.07 Å². The van der Waals surface area contributed by atoms with Gasteiger partial charge in [-0.05, 0) is 18.2 Å². The Bertz CT molecular complexity index is 482. The standard InChI is InChI=1S/C15H26F2O4Si2/c1-12(16)14(18)21-11-23(5,6)9-7-13(17)15(19)20-8-10-22(2,3)4/h7H,1,8-11H2,2-6H3/b13-7-. The van der Waals surface area contributed by atoms with E-state index in [1.165, 1.54) is 0 Å². The number of esters is 2. The molecule has 0 atom stereocenters. The van der Waals surface area contributed by atoms with Crippen LogP contribution in [0.1, 0.15) is 0 Å². The lowest BCUT2D eigenvalue weighted by Crippen LogP contribution is -2.33. The molecule has 0 spiro atoms. The van der Waals surface area contributed by atoms with Gasteiger partial charge < -0.3 is 9.47 Å². The van der Waals surface area contributed by atoms with Crippen molar-refractivity contribution in [3.8, 4) is 0 Å². The molecule has 8 heteroatoms. The molecule has 132 valence electrons. The first-order chi connectivity index (χ1) is 10.3. The zero-order chi connectivity index (χ0) is 18.3. The SMILES string of the molecule is C=C(F)C(=O)OC[Si](C)(C)C/C=C(\F)C(=O)OCC[Si](C)(C)C. The monoisotopic (exact) mass is 364 g/mol. The summed E-state index contributed by atoms with van der Waals surface area (Å²) in [5.41, 5.74) is 0. The average molecular weight is 365 g/mol. The molecular weight excluding hydrogens is 338 g/mol. The highest BCUT2D eigenvalue weighted by Gasteiger charge is 2.24. The Labute approximate surface area is 138 Å². The lowest BCUT2D eigenvalue weighted by molar-refractivity contribution is -0.140. The number of carbonyl (C=O) groups excluding carboxylic acids is 2. The van der Waals surface area contributed by atoms with E-state index in [1.807, 2.05) is 13.1 Å². The zero-order valence-electron chi connectivity index (χ0n) is 14.5. The number of hydrogen-bond acceptors (Lipinski definition) is 4. The van der Waals surface area contributed by atoms with Gasteiger partial charge in [0.2, 0.25) is 11.7 Å². The smallest absolute Gasteiger partial charge is 0.366 e. The molecule has 0 unspecified atom stereocenters. The van der Waals surface area contributed by atoms with Crippen molar-refractivity contribution in [1.29, 1.82) is 0 Å². The minimum Gasteiger partial charge on any atom is -0.464 e. The molecule has 23 heavy (non-hydrogen) atoms. The summed E-state index contributed by atoms with van der Waals surface area (Å²) in [5, 5.41) is 0. The lowest BCUT2D eigenvalue weighted by atomic mass is 10.5. The first-order valence-electron chi connectivity index (χ1n) is 7.38. The van der Waals surface area contributed by atoms with Crippen LogP contribution in [0.4, 0.5) is 8.78 Å². The van der Waals surface area contributed by atoms with E-state index in [0.717, 1.165) is 12.1 Å². The van der Waals surface area contributed by atoms with Crippen molar-refractivity contribution < 1.29 is 27.8 Å². The summed E-state index contributed by atoms with van der Waals surface area (Å²) < 4.78 is 35.9. The molecule has 0 aliphatic carbocycles. The molecule has 0 aromatic carbocycles. The van der Waals surface area contributed by atoms with E-state index in [9.17, 15) is 18.4 Å². The second-order valence-electron chi connectivity index (χ2n) is 7.35. The summed E-state index contributed by atoms with van der Waals surface area (Å²) in [6.07, 6.45) is 1.17. The molecule has 0 aliphatic rings. The van der Waals surface area contributed by atoms with Crippen LogP contribution >= 0.6 is 0 Å². The molecule has 0 N–H and O–H groups in total. The Kier molecular flexibility index (Phi) is 8.61. The third-order valence-electron chi connectivity index (χ3n) is 2.93. The highest BCUT2D eigenvalue weighted by molar-refractivity contribution is 6.77. The number of allylic oxidation sites excluding steroid dienone is 1. The van der Waals surface area contributed by atoms with E-state index in [2.05, 4.69) is 26.2 Å². The van der Waals surface area contributed by atoms with Gasteiger partial charge in [0.05, 0.1) is 20.9 Å². The Hall–Kier alpha value is -1.29. The molecule has 0 radical (unpaired) electrons. The maximum Gasteiger partial charge on any atom is 0.366 e. The first-order valence-corrected chi connectivity index (χ1v) is 14.5. The summed E-state index contributed by atoms with van der Waals surface area (Å²) in [6, 6.07) is 1.04. The summed E-state index contributed by atoms with van der Waals surface area (Å²) in [6.45, 7) is 13.1. The van der Waals surface area contributed by atoms with Crippen molar-refractivity contribution in [2.45, 2.75) is 44.8 Å². The molecule has 0 bridgehead atoms. The Morgan fingerprint density at radius 3 is 2.09 bits per heavy atom. The topological polar surface area (TPSA) is 52.6 Å². The lowest BCUT2D eigenvalue weighted by Gasteiger charge is -2.19.